The van der Waals surface area contributed by atoms with E-state index in [2.05, 4.69) is 14.4 Å². The minimum Gasteiger partial charge on any atom is -0.313 e. The first-order valence-corrected chi connectivity index (χ1v) is 5.85. The van der Waals surface area contributed by atoms with Crippen molar-refractivity contribution in [1.29, 1.82) is 0 Å². The van der Waals surface area contributed by atoms with Crippen LogP contribution in [0.2, 0.25) is 0 Å². The van der Waals surface area contributed by atoms with Crippen molar-refractivity contribution >= 4 is 22.2 Å². The summed E-state index contributed by atoms with van der Waals surface area (Å²) in [4.78, 5) is 9.41. The highest BCUT2D eigenvalue weighted by atomic mass is 32.2. The summed E-state index contributed by atoms with van der Waals surface area (Å²) in [6.07, 6.45) is 3.88. The van der Waals surface area contributed by atoms with Crippen molar-refractivity contribution in [2.24, 2.45) is 4.40 Å². The van der Waals surface area contributed by atoms with Crippen LogP contribution < -0.4 is 4.90 Å². The molecule has 0 aromatic carbocycles. The molecule has 1 aliphatic rings. The van der Waals surface area contributed by atoms with Crippen LogP contribution in [0, 0.1) is 0 Å². The molecule has 2 rings (SSSR count). The maximum atomic E-state index is 11.5. The average Bonchev–Trinajstić information content (AvgIpc) is 2.17. The van der Waals surface area contributed by atoms with Gasteiger partial charge in [-0.15, -0.1) is 4.40 Å². The zero-order valence-electron chi connectivity index (χ0n) is 8.32. The van der Waals surface area contributed by atoms with Crippen molar-refractivity contribution in [3.63, 3.8) is 0 Å². The molecule has 0 saturated heterocycles. The summed E-state index contributed by atoms with van der Waals surface area (Å²) in [5, 5.41) is 0. The lowest BCUT2D eigenvalue weighted by Gasteiger charge is -2.26. The largest absolute Gasteiger partial charge is 0.313 e. The number of aromatic nitrogens is 2. The van der Waals surface area contributed by atoms with Gasteiger partial charge >= 0.3 is 0 Å². The van der Waals surface area contributed by atoms with E-state index in [1.54, 1.807) is 4.90 Å². The lowest BCUT2D eigenvalue weighted by atomic mass is 10.3. The van der Waals surface area contributed by atoms with Gasteiger partial charge in [0.15, 0.2) is 10.7 Å². The Labute approximate surface area is 87.7 Å². The highest BCUT2D eigenvalue weighted by Crippen LogP contribution is 2.27. The summed E-state index contributed by atoms with van der Waals surface area (Å²) in [7, 11) is -3.61. The van der Waals surface area contributed by atoms with Crippen molar-refractivity contribution in [1.82, 2.24) is 9.97 Å². The summed E-state index contributed by atoms with van der Waals surface area (Å²) in [5.41, 5.74) is 0. The van der Waals surface area contributed by atoms with E-state index < -0.39 is 10.0 Å². The van der Waals surface area contributed by atoms with Crippen molar-refractivity contribution in [2.45, 2.75) is 24.8 Å². The molecule has 6 nitrogen and oxygen atoms in total. The number of hydrogen-bond acceptors (Lipinski definition) is 5. The van der Waals surface area contributed by atoms with Crippen LogP contribution >= 0.6 is 0 Å². The molecule has 0 amide bonds. The molecule has 0 bridgehead atoms. The van der Waals surface area contributed by atoms with E-state index in [1.165, 1.54) is 18.9 Å². The molecule has 1 aromatic rings. The summed E-state index contributed by atoms with van der Waals surface area (Å²) in [5.74, 6) is 0.384. The smallest absolute Gasteiger partial charge is 0.288 e. The van der Waals surface area contributed by atoms with Gasteiger partial charge in [0.1, 0.15) is 12.7 Å². The van der Waals surface area contributed by atoms with Gasteiger partial charge in [0.2, 0.25) is 0 Å². The SMILES string of the molecule is CC(C)N1C=NS(=O)(=O)c2cncnc21. The lowest BCUT2D eigenvalue weighted by molar-refractivity contribution is 0.595. The Bertz CT molecular complexity index is 509. The first-order valence-electron chi connectivity index (χ1n) is 4.41. The van der Waals surface area contributed by atoms with Crippen molar-refractivity contribution in [2.75, 3.05) is 4.90 Å². The van der Waals surface area contributed by atoms with Gasteiger partial charge in [-0.1, -0.05) is 0 Å². The molecular formula is C8H10N4O2S. The van der Waals surface area contributed by atoms with Crippen LogP contribution in [0.4, 0.5) is 5.82 Å². The lowest BCUT2D eigenvalue weighted by Crippen LogP contribution is -2.34. The molecule has 0 aliphatic carbocycles. The van der Waals surface area contributed by atoms with Gasteiger partial charge in [-0.05, 0) is 13.8 Å². The van der Waals surface area contributed by atoms with Crippen molar-refractivity contribution in [3.8, 4) is 0 Å². The van der Waals surface area contributed by atoms with Crippen LogP contribution in [-0.2, 0) is 10.0 Å². The second-order valence-corrected chi connectivity index (χ2v) is 5.01. The fourth-order valence-electron chi connectivity index (χ4n) is 1.29. The Hall–Kier alpha value is -1.50. The van der Waals surface area contributed by atoms with Crippen LogP contribution in [0.1, 0.15) is 13.8 Å². The average molecular weight is 226 g/mol. The van der Waals surface area contributed by atoms with E-state index in [1.807, 2.05) is 13.8 Å². The Balaban J connectivity index is 2.65. The molecule has 0 radical (unpaired) electrons. The predicted molar refractivity (Wildman–Crippen MR) is 55.3 cm³/mol. The summed E-state index contributed by atoms with van der Waals surface area (Å²) < 4.78 is 26.6. The minimum absolute atomic E-state index is 0.0567. The number of fused-ring (bicyclic) bond motifs is 1. The number of hydrogen-bond donors (Lipinski definition) is 0. The van der Waals surface area contributed by atoms with Crippen LogP contribution in [-0.4, -0.2) is 30.8 Å². The normalized spacial score (nSPS) is 17.9. The summed E-state index contributed by atoms with van der Waals surface area (Å²) in [6.45, 7) is 3.85. The van der Waals surface area contributed by atoms with E-state index in [9.17, 15) is 8.42 Å². The van der Waals surface area contributed by atoms with Gasteiger partial charge in [0.05, 0.1) is 6.20 Å². The molecule has 1 aliphatic heterocycles. The Morgan fingerprint density at radius 2 is 2.13 bits per heavy atom. The number of nitrogens with zero attached hydrogens (tertiary/aromatic N) is 4. The van der Waals surface area contributed by atoms with Crippen LogP contribution in [0.15, 0.2) is 21.8 Å². The molecule has 0 atom stereocenters. The molecular weight excluding hydrogens is 216 g/mol. The quantitative estimate of drug-likeness (QED) is 0.693. The minimum atomic E-state index is -3.61. The van der Waals surface area contributed by atoms with Crippen molar-refractivity contribution < 1.29 is 8.42 Å². The highest BCUT2D eigenvalue weighted by Gasteiger charge is 2.27. The van der Waals surface area contributed by atoms with Gasteiger partial charge < -0.3 is 4.90 Å². The third-order valence-electron chi connectivity index (χ3n) is 2.05. The first-order chi connectivity index (χ1) is 7.02. The fourth-order valence-corrected chi connectivity index (χ4v) is 2.21. The van der Waals surface area contributed by atoms with E-state index in [4.69, 9.17) is 0 Å². The molecule has 7 heteroatoms. The van der Waals surface area contributed by atoms with E-state index in [0.717, 1.165) is 0 Å². The van der Waals surface area contributed by atoms with Gasteiger partial charge in [-0.3, -0.25) is 0 Å². The molecule has 0 unspecified atom stereocenters. The molecule has 1 aromatic heterocycles. The van der Waals surface area contributed by atoms with E-state index in [-0.39, 0.29) is 10.9 Å². The molecule has 0 saturated carbocycles. The highest BCUT2D eigenvalue weighted by molar-refractivity contribution is 7.90. The van der Waals surface area contributed by atoms with Crippen molar-refractivity contribution in [3.05, 3.63) is 12.5 Å². The second kappa shape index (κ2) is 3.27. The Morgan fingerprint density at radius 3 is 2.80 bits per heavy atom. The van der Waals surface area contributed by atoms with Gasteiger partial charge in [0.25, 0.3) is 10.0 Å². The maximum absolute atomic E-state index is 11.5. The standard InChI is InChI=1S/C8H10N4O2S/c1-6(2)12-5-11-15(13,14)7-3-9-4-10-8(7)12/h3-6H,1-2H3. The summed E-state index contributed by atoms with van der Waals surface area (Å²) >= 11 is 0. The topological polar surface area (TPSA) is 75.5 Å². The molecule has 15 heavy (non-hydrogen) atoms. The monoisotopic (exact) mass is 226 g/mol. The number of anilines is 1. The molecule has 0 N–H and O–H groups in total. The predicted octanol–water partition coefficient (Wildman–Crippen LogP) is 0.422. The molecule has 0 spiro atoms. The van der Waals surface area contributed by atoms with E-state index in [0.29, 0.717) is 5.82 Å². The number of sulfonamides is 1. The first kappa shape index (κ1) is 10.0. The number of rotatable bonds is 1. The van der Waals surface area contributed by atoms with Crippen LogP contribution in [0.3, 0.4) is 0 Å². The van der Waals surface area contributed by atoms with Gasteiger partial charge in [-0.25, -0.2) is 9.97 Å². The van der Waals surface area contributed by atoms with E-state index >= 15 is 0 Å². The Morgan fingerprint density at radius 1 is 1.40 bits per heavy atom. The molecule has 80 valence electrons. The zero-order chi connectivity index (χ0) is 11.1. The molecule has 2 heterocycles. The third kappa shape index (κ3) is 1.58. The third-order valence-corrected chi connectivity index (χ3v) is 3.26. The zero-order valence-corrected chi connectivity index (χ0v) is 9.14. The summed E-state index contributed by atoms with van der Waals surface area (Å²) in [6, 6.07) is 0.0953. The van der Waals surface area contributed by atoms with Crippen LogP contribution in [0.5, 0.6) is 0 Å². The Kier molecular flexibility index (Phi) is 2.18. The fraction of sp³-hybridized carbons (Fsp3) is 0.375. The molecule has 0 fully saturated rings. The second-order valence-electron chi connectivity index (χ2n) is 3.41. The van der Waals surface area contributed by atoms with Gasteiger partial charge in [-0.2, -0.15) is 8.42 Å². The maximum Gasteiger partial charge on any atom is 0.288 e. The van der Waals surface area contributed by atoms with Crippen LogP contribution in [0.25, 0.3) is 0 Å². The van der Waals surface area contributed by atoms with Gasteiger partial charge in [0, 0.05) is 6.04 Å².